The van der Waals surface area contributed by atoms with Gasteiger partial charge in [-0.25, -0.2) is 0 Å². The SMILES string of the molecule is CCCCC1CC(CCC)CN(C(C)CC)C1. The first-order valence-electron chi connectivity index (χ1n) is 7.95. The van der Waals surface area contributed by atoms with Gasteiger partial charge in [0.05, 0.1) is 0 Å². The minimum Gasteiger partial charge on any atom is -0.300 e. The Morgan fingerprint density at radius 2 is 1.65 bits per heavy atom. The van der Waals surface area contributed by atoms with Crippen molar-refractivity contribution in [2.45, 2.75) is 78.7 Å². The Morgan fingerprint density at radius 1 is 1.00 bits per heavy atom. The lowest BCUT2D eigenvalue weighted by atomic mass is 9.83. The highest BCUT2D eigenvalue weighted by Gasteiger charge is 2.28. The molecule has 102 valence electrons. The van der Waals surface area contributed by atoms with Crippen LogP contribution in [-0.2, 0) is 0 Å². The van der Waals surface area contributed by atoms with Crippen molar-refractivity contribution in [3.05, 3.63) is 0 Å². The lowest BCUT2D eigenvalue weighted by molar-refractivity contribution is 0.0792. The van der Waals surface area contributed by atoms with Crippen molar-refractivity contribution in [3.8, 4) is 0 Å². The number of likely N-dealkylation sites (tertiary alicyclic amines) is 1. The van der Waals surface area contributed by atoms with Gasteiger partial charge in [-0.15, -0.1) is 0 Å². The fraction of sp³-hybridized carbons (Fsp3) is 1.00. The lowest BCUT2D eigenvalue weighted by Gasteiger charge is -2.41. The molecule has 1 aliphatic rings. The summed E-state index contributed by atoms with van der Waals surface area (Å²) in [5, 5.41) is 0. The maximum Gasteiger partial charge on any atom is 0.00645 e. The van der Waals surface area contributed by atoms with Gasteiger partial charge in [-0.1, -0.05) is 40.0 Å². The summed E-state index contributed by atoms with van der Waals surface area (Å²) in [5.41, 5.74) is 0. The van der Waals surface area contributed by atoms with Gasteiger partial charge < -0.3 is 4.90 Å². The second-order valence-corrected chi connectivity index (χ2v) is 6.11. The summed E-state index contributed by atoms with van der Waals surface area (Å²) in [4.78, 5) is 2.77. The highest BCUT2D eigenvalue weighted by atomic mass is 15.2. The summed E-state index contributed by atoms with van der Waals surface area (Å²) in [6, 6.07) is 0.791. The monoisotopic (exact) mass is 239 g/mol. The third kappa shape index (κ3) is 4.99. The van der Waals surface area contributed by atoms with Gasteiger partial charge in [0, 0.05) is 19.1 Å². The normalized spacial score (nSPS) is 28.2. The van der Waals surface area contributed by atoms with Gasteiger partial charge in [0.25, 0.3) is 0 Å². The average molecular weight is 239 g/mol. The van der Waals surface area contributed by atoms with E-state index in [1.807, 2.05) is 0 Å². The van der Waals surface area contributed by atoms with Crippen LogP contribution in [0.2, 0.25) is 0 Å². The van der Waals surface area contributed by atoms with E-state index in [1.54, 1.807) is 0 Å². The molecule has 0 aromatic heterocycles. The lowest BCUT2D eigenvalue weighted by Crippen LogP contribution is -2.45. The van der Waals surface area contributed by atoms with Crippen molar-refractivity contribution in [3.63, 3.8) is 0 Å². The van der Waals surface area contributed by atoms with Gasteiger partial charge in [0.1, 0.15) is 0 Å². The summed E-state index contributed by atoms with van der Waals surface area (Å²) in [6.07, 6.45) is 9.86. The maximum atomic E-state index is 2.77. The molecule has 0 spiro atoms. The van der Waals surface area contributed by atoms with Gasteiger partial charge in [-0.3, -0.25) is 0 Å². The molecular formula is C16H33N. The number of nitrogens with zero attached hydrogens (tertiary/aromatic N) is 1. The summed E-state index contributed by atoms with van der Waals surface area (Å²) in [5.74, 6) is 1.96. The minimum absolute atomic E-state index is 0.791. The van der Waals surface area contributed by atoms with E-state index in [0.717, 1.165) is 17.9 Å². The Kier molecular flexibility index (Phi) is 7.18. The standard InChI is InChI=1S/C16H33N/c1-5-8-10-16-11-15(9-6-2)12-17(13-16)14(4)7-3/h14-16H,5-13H2,1-4H3. The zero-order valence-corrected chi connectivity index (χ0v) is 12.5. The van der Waals surface area contributed by atoms with Crippen LogP contribution in [0.1, 0.15) is 72.6 Å². The van der Waals surface area contributed by atoms with Crippen LogP contribution in [0.15, 0.2) is 0 Å². The molecule has 0 aromatic rings. The number of hydrogen-bond acceptors (Lipinski definition) is 1. The molecular weight excluding hydrogens is 206 g/mol. The molecule has 1 heteroatoms. The molecule has 1 fully saturated rings. The number of rotatable bonds is 7. The van der Waals surface area contributed by atoms with Gasteiger partial charge in [-0.2, -0.15) is 0 Å². The largest absolute Gasteiger partial charge is 0.300 e. The van der Waals surface area contributed by atoms with Crippen molar-refractivity contribution < 1.29 is 0 Å². The Bertz CT molecular complexity index is 190. The molecule has 0 N–H and O–H groups in total. The van der Waals surface area contributed by atoms with Crippen LogP contribution in [0.4, 0.5) is 0 Å². The predicted molar refractivity (Wildman–Crippen MR) is 77.4 cm³/mol. The maximum absolute atomic E-state index is 2.77. The van der Waals surface area contributed by atoms with Crippen LogP contribution in [-0.4, -0.2) is 24.0 Å². The molecule has 1 heterocycles. The van der Waals surface area contributed by atoms with E-state index in [4.69, 9.17) is 0 Å². The van der Waals surface area contributed by atoms with Crippen molar-refractivity contribution >= 4 is 0 Å². The molecule has 0 aromatic carbocycles. The number of piperidine rings is 1. The van der Waals surface area contributed by atoms with Gasteiger partial charge in [-0.05, 0) is 44.4 Å². The van der Waals surface area contributed by atoms with E-state index in [1.165, 1.54) is 58.0 Å². The smallest absolute Gasteiger partial charge is 0.00645 e. The summed E-state index contributed by atoms with van der Waals surface area (Å²) in [7, 11) is 0. The van der Waals surface area contributed by atoms with Gasteiger partial charge in [0.15, 0.2) is 0 Å². The quantitative estimate of drug-likeness (QED) is 0.622. The van der Waals surface area contributed by atoms with Crippen LogP contribution in [0.3, 0.4) is 0 Å². The summed E-state index contributed by atoms with van der Waals surface area (Å²) < 4.78 is 0. The molecule has 1 nitrogen and oxygen atoms in total. The van der Waals surface area contributed by atoms with E-state index >= 15 is 0 Å². The van der Waals surface area contributed by atoms with Crippen molar-refractivity contribution in [2.75, 3.05) is 13.1 Å². The molecule has 17 heavy (non-hydrogen) atoms. The Labute approximate surface area is 109 Å². The Morgan fingerprint density at radius 3 is 2.18 bits per heavy atom. The van der Waals surface area contributed by atoms with E-state index in [0.29, 0.717) is 0 Å². The Hall–Kier alpha value is -0.0400. The fourth-order valence-electron chi connectivity index (χ4n) is 3.30. The predicted octanol–water partition coefficient (Wildman–Crippen LogP) is 4.71. The molecule has 0 bridgehead atoms. The highest BCUT2D eigenvalue weighted by Crippen LogP contribution is 2.30. The molecule has 0 saturated carbocycles. The highest BCUT2D eigenvalue weighted by molar-refractivity contribution is 4.81. The average Bonchev–Trinajstić information content (AvgIpc) is 2.35. The van der Waals surface area contributed by atoms with E-state index in [9.17, 15) is 0 Å². The first-order valence-corrected chi connectivity index (χ1v) is 7.95. The molecule has 1 aliphatic heterocycles. The zero-order valence-electron chi connectivity index (χ0n) is 12.5. The third-order valence-corrected chi connectivity index (χ3v) is 4.53. The first kappa shape index (κ1) is 15.0. The van der Waals surface area contributed by atoms with E-state index in [2.05, 4.69) is 32.6 Å². The van der Waals surface area contributed by atoms with Crippen molar-refractivity contribution in [1.82, 2.24) is 4.90 Å². The van der Waals surface area contributed by atoms with Crippen LogP contribution < -0.4 is 0 Å². The molecule has 1 saturated heterocycles. The fourth-order valence-corrected chi connectivity index (χ4v) is 3.30. The number of hydrogen-bond donors (Lipinski definition) is 0. The van der Waals surface area contributed by atoms with E-state index < -0.39 is 0 Å². The second-order valence-electron chi connectivity index (χ2n) is 6.11. The second kappa shape index (κ2) is 8.13. The molecule has 0 radical (unpaired) electrons. The zero-order chi connectivity index (χ0) is 12.7. The topological polar surface area (TPSA) is 3.24 Å². The summed E-state index contributed by atoms with van der Waals surface area (Å²) in [6.45, 7) is 12.1. The van der Waals surface area contributed by atoms with Gasteiger partial charge >= 0.3 is 0 Å². The molecule has 0 amide bonds. The van der Waals surface area contributed by atoms with E-state index in [-0.39, 0.29) is 0 Å². The molecule has 3 atom stereocenters. The molecule has 0 aliphatic carbocycles. The van der Waals surface area contributed by atoms with Crippen LogP contribution >= 0.6 is 0 Å². The van der Waals surface area contributed by atoms with Crippen molar-refractivity contribution in [2.24, 2.45) is 11.8 Å². The molecule has 1 rings (SSSR count). The Balaban J connectivity index is 2.49. The summed E-state index contributed by atoms with van der Waals surface area (Å²) >= 11 is 0. The third-order valence-electron chi connectivity index (χ3n) is 4.53. The number of unbranched alkanes of at least 4 members (excludes halogenated alkanes) is 1. The minimum atomic E-state index is 0.791. The molecule has 3 unspecified atom stereocenters. The van der Waals surface area contributed by atoms with Crippen molar-refractivity contribution in [1.29, 1.82) is 0 Å². The van der Waals surface area contributed by atoms with Crippen LogP contribution in [0.5, 0.6) is 0 Å². The van der Waals surface area contributed by atoms with Crippen LogP contribution in [0, 0.1) is 11.8 Å². The first-order chi connectivity index (χ1) is 8.21. The van der Waals surface area contributed by atoms with Crippen LogP contribution in [0.25, 0.3) is 0 Å². The van der Waals surface area contributed by atoms with Gasteiger partial charge in [0.2, 0.25) is 0 Å².